The zero-order valence-electron chi connectivity index (χ0n) is 14.3. The summed E-state index contributed by atoms with van der Waals surface area (Å²) in [6.07, 6.45) is 2.48. The second-order valence-electron chi connectivity index (χ2n) is 6.61. The van der Waals surface area contributed by atoms with E-state index in [0.717, 1.165) is 6.42 Å². The van der Waals surface area contributed by atoms with Crippen LogP contribution in [0.4, 0.5) is 0 Å². The van der Waals surface area contributed by atoms with Gasteiger partial charge in [-0.05, 0) is 29.9 Å². The Bertz CT molecular complexity index is 690. The fourth-order valence-electron chi connectivity index (χ4n) is 3.30. The van der Waals surface area contributed by atoms with Crippen molar-refractivity contribution in [1.29, 1.82) is 0 Å². The molecule has 0 bridgehead atoms. The molecule has 4 nitrogen and oxygen atoms in total. The molecular weight excluding hydrogens is 312 g/mol. The number of benzene rings is 2. The predicted molar refractivity (Wildman–Crippen MR) is 98.1 cm³/mol. The van der Waals surface area contributed by atoms with Gasteiger partial charge in [0.25, 0.3) is 0 Å². The van der Waals surface area contributed by atoms with Crippen molar-refractivity contribution in [2.45, 2.75) is 37.6 Å². The van der Waals surface area contributed by atoms with Gasteiger partial charge >= 0.3 is 0 Å². The predicted octanol–water partition coefficient (Wildman–Crippen LogP) is 2.80. The maximum absolute atomic E-state index is 12.5. The lowest BCUT2D eigenvalue weighted by atomic mass is 9.89. The molecule has 1 saturated heterocycles. The molecule has 0 aliphatic carbocycles. The molecule has 0 unspecified atom stereocenters. The minimum atomic E-state index is 0.0401. The van der Waals surface area contributed by atoms with Crippen molar-refractivity contribution in [1.82, 2.24) is 10.6 Å². The van der Waals surface area contributed by atoms with Gasteiger partial charge in [0.15, 0.2) is 0 Å². The fourth-order valence-corrected chi connectivity index (χ4v) is 3.30. The van der Waals surface area contributed by atoms with Crippen LogP contribution in [0, 0.1) is 0 Å². The van der Waals surface area contributed by atoms with Gasteiger partial charge < -0.3 is 10.6 Å². The van der Waals surface area contributed by atoms with E-state index in [1.165, 1.54) is 11.1 Å². The third-order valence-corrected chi connectivity index (χ3v) is 4.66. The molecule has 2 aromatic carbocycles. The Kier molecular flexibility index (Phi) is 5.83. The standard InChI is InChI=1S/C21H24N2O2/c24-20-12-11-19(15-22-20)23-21(25)14-18(17-9-5-2-6-10-17)13-16-7-3-1-4-8-16/h1-10,18-19H,11-15H2,(H,22,24)(H,23,25)/t18-,19+/m1/s1. The molecule has 130 valence electrons. The smallest absolute Gasteiger partial charge is 0.220 e. The summed E-state index contributed by atoms with van der Waals surface area (Å²) in [7, 11) is 0. The van der Waals surface area contributed by atoms with Gasteiger partial charge in [-0.1, -0.05) is 60.7 Å². The summed E-state index contributed by atoms with van der Waals surface area (Å²) in [5, 5.41) is 5.88. The molecule has 0 spiro atoms. The van der Waals surface area contributed by atoms with Crippen LogP contribution in [0.3, 0.4) is 0 Å². The second kappa shape index (κ2) is 8.47. The summed E-state index contributed by atoms with van der Waals surface area (Å²) in [5.41, 5.74) is 2.41. The normalized spacial score (nSPS) is 18.2. The van der Waals surface area contributed by atoms with Gasteiger partial charge in [-0.2, -0.15) is 0 Å². The largest absolute Gasteiger partial charge is 0.354 e. The van der Waals surface area contributed by atoms with E-state index in [0.29, 0.717) is 25.8 Å². The third-order valence-electron chi connectivity index (χ3n) is 4.66. The lowest BCUT2D eigenvalue weighted by molar-refractivity contribution is -0.125. The van der Waals surface area contributed by atoms with Gasteiger partial charge in [0, 0.05) is 25.4 Å². The summed E-state index contributed by atoms with van der Waals surface area (Å²) >= 11 is 0. The lowest BCUT2D eigenvalue weighted by Crippen LogP contribution is -2.48. The number of nitrogens with one attached hydrogen (secondary N) is 2. The number of hydrogen-bond acceptors (Lipinski definition) is 2. The molecule has 1 aliphatic heterocycles. The van der Waals surface area contributed by atoms with E-state index in [4.69, 9.17) is 0 Å². The second-order valence-corrected chi connectivity index (χ2v) is 6.61. The molecule has 0 radical (unpaired) electrons. The van der Waals surface area contributed by atoms with Crippen LogP contribution < -0.4 is 10.6 Å². The van der Waals surface area contributed by atoms with Crippen molar-refractivity contribution in [3.63, 3.8) is 0 Å². The van der Waals surface area contributed by atoms with Crippen LogP contribution >= 0.6 is 0 Å². The molecule has 1 aliphatic rings. The van der Waals surface area contributed by atoms with E-state index in [1.807, 2.05) is 36.4 Å². The van der Waals surface area contributed by atoms with Crippen LogP contribution in [0.15, 0.2) is 60.7 Å². The summed E-state index contributed by atoms with van der Waals surface area (Å²) in [6.45, 7) is 0.527. The third kappa shape index (κ3) is 5.18. The van der Waals surface area contributed by atoms with Gasteiger partial charge in [0.05, 0.1) is 0 Å². The van der Waals surface area contributed by atoms with E-state index in [9.17, 15) is 9.59 Å². The summed E-state index contributed by atoms with van der Waals surface area (Å²) < 4.78 is 0. The van der Waals surface area contributed by atoms with Crippen LogP contribution in [-0.2, 0) is 16.0 Å². The number of hydrogen-bond donors (Lipinski definition) is 2. The highest BCUT2D eigenvalue weighted by Crippen LogP contribution is 2.24. The lowest BCUT2D eigenvalue weighted by Gasteiger charge is -2.25. The van der Waals surface area contributed by atoms with Crippen molar-refractivity contribution in [3.05, 3.63) is 71.8 Å². The summed E-state index contributed by atoms with van der Waals surface area (Å²) in [5.74, 6) is 0.254. The Labute approximate surface area is 148 Å². The fraction of sp³-hybridized carbons (Fsp3) is 0.333. The van der Waals surface area contributed by atoms with Gasteiger partial charge in [-0.25, -0.2) is 0 Å². The molecule has 25 heavy (non-hydrogen) atoms. The quantitative estimate of drug-likeness (QED) is 0.852. The van der Waals surface area contributed by atoms with Crippen molar-refractivity contribution >= 4 is 11.8 Å². The molecule has 3 rings (SSSR count). The average Bonchev–Trinajstić information content (AvgIpc) is 2.65. The van der Waals surface area contributed by atoms with Crippen molar-refractivity contribution < 1.29 is 9.59 Å². The monoisotopic (exact) mass is 336 g/mol. The number of rotatable bonds is 6. The van der Waals surface area contributed by atoms with E-state index in [-0.39, 0.29) is 23.8 Å². The highest BCUT2D eigenvalue weighted by atomic mass is 16.2. The maximum Gasteiger partial charge on any atom is 0.220 e. The van der Waals surface area contributed by atoms with E-state index >= 15 is 0 Å². The first kappa shape index (κ1) is 17.2. The zero-order chi connectivity index (χ0) is 17.5. The van der Waals surface area contributed by atoms with Crippen LogP contribution in [0.5, 0.6) is 0 Å². The van der Waals surface area contributed by atoms with Crippen LogP contribution in [0.1, 0.15) is 36.3 Å². The Morgan fingerprint density at radius 3 is 2.40 bits per heavy atom. The maximum atomic E-state index is 12.5. The number of carbonyl (C=O) groups excluding carboxylic acids is 2. The highest BCUT2D eigenvalue weighted by Gasteiger charge is 2.22. The van der Waals surface area contributed by atoms with Gasteiger partial charge in [-0.15, -0.1) is 0 Å². The van der Waals surface area contributed by atoms with Gasteiger partial charge in [0.1, 0.15) is 0 Å². The van der Waals surface area contributed by atoms with Crippen LogP contribution in [-0.4, -0.2) is 24.4 Å². The molecule has 2 aromatic rings. The van der Waals surface area contributed by atoms with E-state index in [2.05, 4.69) is 34.9 Å². The Morgan fingerprint density at radius 1 is 1.08 bits per heavy atom. The average molecular weight is 336 g/mol. The van der Waals surface area contributed by atoms with Crippen molar-refractivity contribution in [2.24, 2.45) is 0 Å². The Hall–Kier alpha value is -2.62. The number of amides is 2. The van der Waals surface area contributed by atoms with Gasteiger partial charge in [-0.3, -0.25) is 9.59 Å². The number of carbonyl (C=O) groups is 2. The molecule has 4 heteroatoms. The molecule has 0 aromatic heterocycles. The minimum absolute atomic E-state index is 0.0401. The molecule has 2 amide bonds. The highest BCUT2D eigenvalue weighted by molar-refractivity contribution is 5.79. The Morgan fingerprint density at radius 2 is 1.76 bits per heavy atom. The van der Waals surface area contributed by atoms with E-state index < -0.39 is 0 Å². The minimum Gasteiger partial charge on any atom is -0.354 e. The van der Waals surface area contributed by atoms with Crippen LogP contribution in [0.25, 0.3) is 0 Å². The van der Waals surface area contributed by atoms with Gasteiger partial charge in [0.2, 0.25) is 11.8 Å². The molecule has 1 heterocycles. The first-order chi connectivity index (χ1) is 12.2. The molecule has 1 fully saturated rings. The van der Waals surface area contributed by atoms with Crippen LogP contribution in [0.2, 0.25) is 0 Å². The SMILES string of the molecule is O=C1CC[C@H](NC(=O)C[C@@H](Cc2ccccc2)c2ccccc2)CN1. The Balaban J connectivity index is 1.65. The molecule has 2 atom stereocenters. The summed E-state index contributed by atoms with van der Waals surface area (Å²) in [4.78, 5) is 23.8. The van der Waals surface area contributed by atoms with Crippen molar-refractivity contribution in [3.8, 4) is 0 Å². The molecular formula is C21H24N2O2. The summed E-state index contributed by atoms with van der Waals surface area (Å²) in [6, 6.07) is 20.5. The number of piperidine rings is 1. The first-order valence-corrected chi connectivity index (χ1v) is 8.85. The molecule has 0 saturated carbocycles. The first-order valence-electron chi connectivity index (χ1n) is 8.85. The zero-order valence-corrected chi connectivity index (χ0v) is 14.3. The topological polar surface area (TPSA) is 58.2 Å². The van der Waals surface area contributed by atoms with E-state index in [1.54, 1.807) is 0 Å². The molecule has 2 N–H and O–H groups in total. The van der Waals surface area contributed by atoms with Crippen molar-refractivity contribution in [2.75, 3.05) is 6.54 Å².